The van der Waals surface area contributed by atoms with Gasteiger partial charge < -0.3 is 10.2 Å². The molecule has 8 heteroatoms. The minimum Gasteiger partial charge on any atom is -0.347 e. The maximum Gasteiger partial charge on any atom is 0.268 e. The first kappa shape index (κ1) is 17.7. The summed E-state index contributed by atoms with van der Waals surface area (Å²) in [6.07, 6.45) is 10.3. The number of rotatable bonds is 5. The summed E-state index contributed by atoms with van der Waals surface area (Å²) in [6, 6.07) is 7.44. The summed E-state index contributed by atoms with van der Waals surface area (Å²) in [5.41, 5.74) is 1.51. The van der Waals surface area contributed by atoms with E-state index in [9.17, 15) is 4.79 Å². The average molecular weight is 382 g/mol. The quantitative estimate of drug-likeness (QED) is 0.734. The number of amides is 1. The molecule has 0 aliphatic carbocycles. The van der Waals surface area contributed by atoms with Crippen LogP contribution >= 0.6 is 11.3 Å². The summed E-state index contributed by atoms with van der Waals surface area (Å²) in [7, 11) is 0. The summed E-state index contributed by atoms with van der Waals surface area (Å²) in [5.74, 6) is -0.143. The Morgan fingerprint density at radius 1 is 1.07 bits per heavy atom. The zero-order chi connectivity index (χ0) is 18.5. The second-order valence-corrected chi connectivity index (χ2v) is 7.51. The van der Waals surface area contributed by atoms with Crippen molar-refractivity contribution in [1.29, 1.82) is 0 Å². The number of pyridine rings is 1. The van der Waals surface area contributed by atoms with Gasteiger partial charge in [0.25, 0.3) is 5.91 Å². The van der Waals surface area contributed by atoms with Crippen LogP contribution in [-0.2, 0) is 6.54 Å². The van der Waals surface area contributed by atoms with Crippen LogP contribution in [0.4, 0.5) is 5.13 Å². The van der Waals surface area contributed by atoms with Crippen LogP contribution < -0.4 is 10.2 Å². The van der Waals surface area contributed by atoms with Crippen molar-refractivity contribution in [3.8, 4) is 5.13 Å². The number of carbonyl (C=O) groups is 1. The summed E-state index contributed by atoms with van der Waals surface area (Å²) in [4.78, 5) is 19.0. The van der Waals surface area contributed by atoms with Gasteiger partial charge in [0.05, 0.1) is 0 Å². The Morgan fingerprint density at radius 2 is 1.89 bits per heavy atom. The third kappa shape index (κ3) is 4.16. The van der Waals surface area contributed by atoms with Crippen molar-refractivity contribution in [1.82, 2.24) is 25.1 Å². The molecule has 1 amide bonds. The molecule has 0 saturated carbocycles. The highest BCUT2D eigenvalue weighted by Crippen LogP contribution is 2.26. The fourth-order valence-corrected chi connectivity index (χ4v) is 4.10. The van der Waals surface area contributed by atoms with E-state index in [1.165, 1.54) is 37.0 Å². The predicted molar refractivity (Wildman–Crippen MR) is 105 cm³/mol. The van der Waals surface area contributed by atoms with E-state index in [4.69, 9.17) is 0 Å². The van der Waals surface area contributed by atoms with Crippen molar-refractivity contribution in [2.75, 3.05) is 18.0 Å². The summed E-state index contributed by atoms with van der Waals surface area (Å²) < 4.78 is 1.80. The minimum absolute atomic E-state index is 0.143. The molecule has 1 saturated heterocycles. The summed E-state index contributed by atoms with van der Waals surface area (Å²) in [6.45, 7) is 2.49. The highest BCUT2D eigenvalue weighted by atomic mass is 32.1. The molecule has 1 aliphatic heterocycles. The molecule has 0 atom stereocenters. The van der Waals surface area contributed by atoms with Gasteiger partial charge in [-0.3, -0.25) is 14.3 Å². The Hall–Kier alpha value is -2.74. The summed E-state index contributed by atoms with van der Waals surface area (Å²) in [5, 5.41) is 13.3. The minimum atomic E-state index is -0.143. The Balaban J connectivity index is 1.47. The third-order valence-corrected chi connectivity index (χ3v) is 5.63. The number of carbonyl (C=O) groups excluding carboxylic acids is 1. The van der Waals surface area contributed by atoms with Gasteiger partial charge in [0.1, 0.15) is 5.69 Å². The number of anilines is 1. The zero-order valence-corrected chi connectivity index (χ0v) is 15.9. The Morgan fingerprint density at radius 3 is 2.67 bits per heavy atom. The van der Waals surface area contributed by atoms with Crippen LogP contribution in [-0.4, -0.2) is 38.7 Å². The topological polar surface area (TPSA) is 75.9 Å². The number of nitrogens with one attached hydrogen (secondary N) is 1. The smallest absolute Gasteiger partial charge is 0.268 e. The number of hydrogen-bond donors (Lipinski definition) is 1. The number of nitrogens with zero attached hydrogens (tertiary/aromatic N) is 5. The molecule has 1 aliphatic rings. The highest BCUT2D eigenvalue weighted by molar-refractivity contribution is 7.17. The lowest BCUT2D eigenvalue weighted by Gasteiger charge is -2.17. The van der Waals surface area contributed by atoms with Crippen LogP contribution in [0.15, 0.2) is 42.9 Å². The molecule has 4 rings (SSSR count). The van der Waals surface area contributed by atoms with Crippen LogP contribution in [0.5, 0.6) is 0 Å². The molecule has 1 fully saturated rings. The fraction of sp³-hybridized carbons (Fsp3) is 0.368. The molecule has 3 aromatic heterocycles. The van der Waals surface area contributed by atoms with Crippen molar-refractivity contribution < 1.29 is 4.79 Å². The first-order valence-electron chi connectivity index (χ1n) is 9.24. The zero-order valence-electron chi connectivity index (χ0n) is 15.0. The van der Waals surface area contributed by atoms with Crippen LogP contribution in [0.25, 0.3) is 5.13 Å². The molecule has 1 N–H and O–H groups in total. The molecule has 3 aromatic rings. The van der Waals surface area contributed by atoms with Crippen LogP contribution in [0.2, 0.25) is 0 Å². The van der Waals surface area contributed by atoms with E-state index in [1.807, 2.05) is 24.4 Å². The molecular formula is C19H22N6OS. The van der Waals surface area contributed by atoms with E-state index in [0.29, 0.717) is 17.4 Å². The first-order chi connectivity index (χ1) is 13.3. The molecule has 4 heterocycles. The van der Waals surface area contributed by atoms with Crippen molar-refractivity contribution in [3.05, 3.63) is 54.1 Å². The molecule has 0 aromatic carbocycles. The van der Waals surface area contributed by atoms with Gasteiger partial charge in [0.15, 0.2) is 0 Å². The molecule has 0 radical (unpaired) electrons. The van der Waals surface area contributed by atoms with Crippen LogP contribution in [0.1, 0.15) is 41.7 Å². The molecular weight excluding hydrogens is 360 g/mol. The average Bonchev–Trinajstić information content (AvgIpc) is 3.30. The van der Waals surface area contributed by atoms with E-state index >= 15 is 0 Å². The maximum atomic E-state index is 12.6. The van der Waals surface area contributed by atoms with Gasteiger partial charge in [-0.1, -0.05) is 30.2 Å². The van der Waals surface area contributed by atoms with Gasteiger partial charge in [-0.2, -0.15) is 0 Å². The normalized spacial score (nSPS) is 14.7. The number of aromatic nitrogens is 4. The molecule has 7 nitrogen and oxygen atoms in total. The largest absolute Gasteiger partial charge is 0.347 e. The maximum absolute atomic E-state index is 12.6. The van der Waals surface area contributed by atoms with E-state index in [1.54, 1.807) is 23.0 Å². The summed E-state index contributed by atoms with van der Waals surface area (Å²) >= 11 is 1.53. The number of hydrogen-bond acceptors (Lipinski definition) is 6. The van der Waals surface area contributed by atoms with Crippen molar-refractivity contribution in [2.24, 2.45) is 0 Å². The van der Waals surface area contributed by atoms with Gasteiger partial charge in [0, 0.05) is 38.2 Å². The molecule has 0 spiro atoms. The second kappa shape index (κ2) is 8.30. The first-order valence-corrected chi connectivity index (χ1v) is 10.1. The lowest BCUT2D eigenvalue weighted by Crippen LogP contribution is -2.25. The Kier molecular flexibility index (Phi) is 5.43. The van der Waals surface area contributed by atoms with Crippen molar-refractivity contribution in [3.63, 3.8) is 0 Å². The van der Waals surface area contributed by atoms with Crippen LogP contribution in [0, 0.1) is 0 Å². The monoisotopic (exact) mass is 382 g/mol. The van der Waals surface area contributed by atoms with Gasteiger partial charge >= 0.3 is 0 Å². The molecule has 140 valence electrons. The van der Waals surface area contributed by atoms with E-state index in [0.717, 1.165) is 23.8 Å². The Bertz CT molecular complexity index is 883. The molecule has 0 bridgehead atoms. The SMILES string of the molecule is O=C(NCc1cccnc1)c1cccn1-c1nnc(N2CCCCCC2)s1. The standard InChI is InChI=1S/C19H22N6OS/c26-17(21-14-15-7-5-9-20-13-15)16-8-6-12-25(16)19-23-22-18(27-19)24-10-3-1-2-4-11-24/h5-9,12-13H,1-4,10-11,14H2,(H,21,26). The van der Waals surface area contributed by atoms with Gasteiger partial charge in [0.2, 0.25) is 10.3 Å². The fourth-order valence-electron chi connectivity index (χ4n) is 3.20. The third-order valence-electron chi connectivity index (χ3n) is 4.64. The van der Waals surface area contributed by atoms with Crippen molar-refractivity contribution >= 4 is 22.4 Å². The lowest BCUT2D eigenvalue weighted by molar-refractivity contribution is 0.0944. The Labute approximate surface area is 162 Å². The second-order valence-electron chi connectivity index (χ2n) is 6.58. The van der Waals surface area contributed by atoms with Gasteiger partial charge in [-0.25, -0.2) is 0 Å². The van der Waals surface area contributed by atoms with Gasteiger partial charge in [-0.05, 0) is 36.6 Å². The predicted octanol–water partition coefficient (Wildman–Crippen LogP) is 3.03. The van der Waals surface area contributed by atoms with E-state index in [-0.39, 0.29) is 5.91 Å². The van der Waals surface area contributed by atoms with Crippen molar-refractivity contribution in [2.45, 2.75) is 32.2 Å². The molecule has 27 heavy (non-hydrogen) atoms. The van der Waals surface area contributed by atoms with Crippen LogP contribution in [0.3, 0.4) is 0 Å². The van der Waals surface area contributed by atoms with Gasteiger partial charge in [-0.15, -0.1) is 10.2 Å². The highest BCUT2D eigenvalue weighted by Gasteiger charge is 2.18. The lowest BCUT2D eigenvalue weighted by atomic mass is 10.2. The molecule has 0 unspecified atom stereocenters. The van der Waals surface area contributed by atoms with E-state index in [2.05, 4.69) is 25.4 Å². The van der Waals surface area contributed by atoms with E-state index < -0.39 is 0 Å².